The zero-order valence-corrected chi connectivity index (χ0v) is 25.9. The van der Waals surface area contributed by atoms with E-state index in [2.05, 4.69) is 25.5 Å². The van der Waals surface area contributed by atoms with E-state index in [9.17, 15) is 26.4 Å². The maximum atomic E-state index is 14.1. The van der Waals surface area contributed by atoms with Gasteiger partial charge in [-0.05, 0) is 56.7 Å². The van der Waals surface area contributed by atoms with Crippen molar-refractivity contribution in [2.45, 2.75) is 31.5 Å². The van der Waals surface area contributed by atoms with Crippen LogP contribution >= 0.6 is 0 Å². The highest BCUT2D eigenvalue weighted by molar-refractivity contribution is 7.88. The summed E-state index contributed by atoms with van der Waals surface area (Å²) in [7, 11) is 0.943. The Kier molecular flexibility index (Phi) is 8.94. The van der Waals surface area contributed by atoms with Gasteiger partial charge in [0.05, 0.1) is 24.7 Å². The molecule has 1 aromatic heterocycles. The SMILES string of the molecule is COc1cc(C(=O)NC2CCN(C)CC2)ccc1Nc1ncc(C(F)(F)F)c(OC2=C(N(C)S(C)(=O)=O)c3ccccc3C2)n1. The molecule has 2 aliphatic rings. The van der Waals surface area contributed by atoms with Crippen molar-refractivity contribution in [3.63, 3.8) is 0 Å². The van der Waals surface area contributed by atoms with E-state index in [0.717, 1.165) is 36.5 Å². The summed E-state index contributed by atoms with van der Waals surface area (Å²) in [6.07, 6.45) is -1.58. The quantitative estimate of drug-likeness (QED) is 0.351. The molecule has 0 unspecified atom stereocenters. The van der Waals surface area contributed by atoms with E-state index in [1.807, 2.05) is 7.05 Å². The number of methoxy groups -OCH3 is 1. The van der Waals surface area contributed by atoms with Gasteiger partial charge in [-0.25, -0.2) is 13.4 Å². The standard InChI is InChI=1S/C30H33F3N6O5S/c1-38-13-11-20(12-14-38)35-27(40)19-9-10-23(24(16-19)43-3)36-29-34-17-22(30(31,32)33)28(37-29)44-25-15-18-7-5-6-8-21(18)26(25)39(2)45(4,41)42/h5-10,16-17,20H,11-15H2,1-4H3,(H,35,40)(H,34,36,37). The van der Waals surface area contributed by atoms with Crippen LogP contribution in [0.4, 0.5) is 24.8 Å². The Morgan fingerprint density at radius 1 is 1.13 bits per heavy atom. The van der Waals surface area contributed by atoms with Crippen LogP contribution in [0.25, 0.3) is 5.70 Å². The number of benzene rings is 2. The smallest absolute Gasteiger partial charge is 0.423 e. The van der Waals surface area contributed by atoms with Crippen molar-refractivity contribution in [1.29, 1.82) is 0 Å². The van der Waals surface area contributed by atoms with Gasteiger partial charge in [0.15, 0.2) is 0 Å². The third kappa shape index (κ3) is 7.14. The molecule has 3 aromatic rings. The minimum atomic E-state index is -4.87. The second-order valence-corrected chi connectivity index (χ2v) is 13.0. The molecule has 0 atom stereocenters. The Morgan fingerprint density at radius 2 is 1.84 bits per heavy atom. The van der Waals surface area contributed by atoms with Gasteiger partial charge in [0.1, 0.15) is 17.1 Å². The number of hydrogen-bond acceptors (Lipinski definition) is 9. The molecule has 1 fully saturated rings. The molecular formula is C30H33F3N6O5S. The number of ether oxygens (including phenoxy) is 2. The number of sulfonamides is 1. The van der Waals surface area contributed by atoms with Crippen LogP contribution < -0.4 is 20.1 Å². The molecule has 2 N–H and O–H groups in total. The molecule has 0 bridgehead atoms. The number of anilines is 2. The molecule has 240 valence electrons. The lowest BCUT2D eigenvalue weighted by atomic mass is 10.0. The Morgan fingerprint density at radius 3 is 2.51 bits per heavy atom. The number of alkyl halides is 3. The van der Waals surface area contributed by atoms with Crippen LogP contribution in [0.2, 0.25) is 0 Å². The highest BCUT2D eigenvalue weighted by Gasteiger charge is 2.38. The fourth-order valence-electron chi connectivity index (χ4n) is 5.20. The van der Waals surface area contributed by atoms with Crippen molar-refractivity contribution in [3.8, 4) is 11.6 Å². The molecule has 11 nitrogen and oxygen atoms in total. The summed E-state index contributed by atoms with van der Waals surface area (Å²) in [5.41, 5.74) is 0.721. The lowest BCUT2D eigenvalue weighted by molar-refractivity contribution is -0.139. The first kappa shape index (κ1) is 32.0. The molecule has 0 saturated carbocycles. The molecular weight excluding hydrogens is 613 g/mol. The van der Waals surface area contributed by atoms with Crippen molar-refractivity contribution >= 4 is 33.3 Å². The summed E-state index contributed by atoms with van der Waals surface area (Å²) in [4.78, 5) is 23.0. The molecule has 1 saturated heterocycles. The van der Waals surface area contributed by atoms with E-state index < -0.39 is 27.6 Å². The first-order chi connectivity index (χ1) is 21.2. The fraction of sp³-hybridized carbons (Fsp3) is 0.367. The summed E-state index contributed by atoms with van der Waals surface area (Å²) in [5.74, 6) is -1.10. The highest BCUT2D eigenvalue weighted by atomic mass is 32.2. The molecule has 5 rings (SSSR count). The molecule has 1 amide bonds. The Bertz CT molecular complexity index is 1740. The van der Waals surface area contributed by atoms with Crippen LogP contribution in [0.1, 0.15) is 39.9 Å². The van der Waals surface area contributed by atoms with Crippen molar-refractivity contribution < 1.29 is 35.9 Å². The Balaban J connectivity index is 1.44. The second-order valence-electron chi connectivity index (χ2n) is 10.9. The normalized spacial score (nSPS) is 15.9. The Hall–Kier alpha value is -4.37. The summed E-state index contributed by atoms with van der Waals surface area (Å²) in [6.45, 7) is 1.77. The molecule has 0 radical (unpaired) electrons. The largest absolute Gasteiger partial charge is 0.495 e. The zero-order valence-electron chi connectivity index (χ0n) is 25.1. The van der Waals surface area contributed by atoms with Crippen molar-refractivity contribution in [2.75, 3.05) is 45.9 Å². The molecule has 45 heavy (non-hydrogen) atoms. The average Bonchev–Trinajstić information content (AvgIpc) is 3.34. The monoisotopic (exact) mass is 646 g/mol. The van der Waals surface area contributed by atoms with Gasteiger partial charge >= 0.3 is 6.18 Å². The predicted octanol–water partition coefficient (Wildman–Crippen LogP) is 4.27. The number of fused-ring (bicyclic) bond motifs is 1. The minimum absolute atomic E-state index is 0.0168. The van der Waals surface area contributed by atoms with Crippen LogP contribution in [0.5, 0.6) is 11.6 Å². The number of nitrogens with one attached hydrogen (secondary N) is 2. The number of likely N-dealkylation sites (tertiary alicyclic amines) is 1. The third-order valence-corrected chi connectivity index (χ3v) is 8.92. The highest BCUT2D eigenvalue weighted by Crippen LogP contribution is 2.41. The number of amides is 1. The topological polar surface area (TPSA) is 126 Å². The maximum absolute atomic E-state index is 14.1. The number of allylic oxidation sites excluding steroid dienone is 1. The zero-order chi connectivity index (χ0) is 32.5. The van der Waals surface area contributed by atoms with Gasteiger partial charge in [0, 0.05) is 36.8 Å². The van der Waals surface area contributed by atoms with Gasteiger partial charge in [-0.1, -0.05) is 24.3 Å². The number of carbonyl (C=O) groups is 1. The molecule has 0 spiro atoms. The van der Waals surface area contributed by atoms with Gasteiger partial charge in [-0.3, -0.25) is 9.10 Å². The first-order valence-electron chi connectivity index (χ1n) is 14.1. The lowest BCUT2D eigenvalue weighted by Gasteiger charge is -2.29. The molecule has 15 heteroatoms. The van der Waals surface area contributed by atoms with Gasteiger partial charge in [-0.15, -0.1) is 0 Å². The average molecular weight is 647 g/mol. The van der Waals surface area contributed by atoms with E-state index in [4.69, 9.17) is 9.47 Å². The lowest BCUT2D eigenvalue weighted by Crippen LogP contribution is -2.43. The number of aromatic nitrogens is 2. The third-order valence-electron chi connectivity index (χ3n) is 7.74. The van der Waals surface area contributed by atoms with Gasteiger partial charge in [-0.2, -0.15) is 18.2 Å². The van der Waals surface area contributed by atoms with Crippen LogP contribution in [0.3, 0.4) is 0 Å². The van der Waals surface area contributed by atoms with Crippen molar-refractivity contribution in [1.82, 2.24) is 24.5 Å². The van der Waals surface area contributed by atoms with E-state index in [1.54, 1.807) is 36.4 Å². The molecule has 2 aromatic carbocycles. The minimum Gasteiger partial charge on any atom is -0.495 e. The maximum Gasteiger partial charge on any atom is 0.423 e. The summed E-state index contributed by atoms with van der Waals surface area (Å²) in [6, 6.07) is 11.5. The van der Waals surface area contributed by atoms with Crippen molar-refractivity contribution in [3.05, 3.63) is 76.7 Å². The summed E-state index contributed by atoms with van der Waals surface area (Å²) >= 11 is 0. The van der Waals surface area contributed by atoms with E-state index >= 15 is 0 Å². The summed E-state index contributed by atoms with van der Waals surface area (Å²) in [5, 5.41) is 5.87. The molecule has 2 heterocycles. The molecule has 1 aliphatic heterocycles. The van der Waals surface area contributed by atoms with Crippen LogP contribution in [0, 0.1) is 0 Å². The molecule has 1 aliphatic carbocycles. The number of nitrogens with zero attached hydrogens (tertiary/aromatic N) is 4. The van der Waals surface area contributed by atoms with Crippen LogP contribution in [-0.2, 0) is 22.6 Å². The summed E-state index contributed by atoms with van der Waals surface area (Å²) < 4.78 is 79.2. The fourth-order valence-corrected chi connectivity index (χ4v) is 5.73. The van der Waals surface area contributed by atoms with Crippen LogP contribution in [-0.4, -0.2) is 80.1 Å². The number of carbonyl (C=O) groups excluding carboxylic acids is 1. The van der Waals surface area contributed by atoms with Gasteiger partial charge in [0.25, 0.3) is 5.91 Å². The van der Waals surface area contributed by atoms with Gasteiger partial charge < -0.3 is 25.0 Å². The number of piperidine rings is 1. The van der Waals surface area contributed by atoms with Crippen LogP contribution in [0.15, 0.2) is 54.4 Å². The van der Waals surface area contributed by atoms with E-state index in [1.165, 1.54) is 20.2 Å². The second kappa shape index (κ2) is 12.6. The predicted molar refractivity (Wildman–Crippen MR) is 162 cm³/mol. The Labute approximate surface area is 259 Å². The van der Waals surface area contributed by atoms with E-state index in [0.29, 0.717) is 28.6 Å². The number of halogens is 3. The van der Waals surface area contributed by atoms with E-state index in [-0.39, 0.29) is 41.5 Å². The van der Waals surface area contributed by atoms with Gasteiger partial charge in [0.2, 0.25) is 21.9 Å². The van der Waals surface area contributed by atoms with Crippen molar-refractivity contribution in [2.24, 2.45) is 0 Å². The first-order valence-corrected chi connectivity index (χ1v) is 15.9. The number of hydrogen-bond donors (Lipinski definition) is 2. The number of rotatable bonds is 9.